The number of esters is 1. The highest BCUT2D eigenvalue weighted by Crippen LogP contribution is 2.32. The molecular formula is C27H22ClN3O6. The molecule has 6 rings (SSSR count). The van der Waals surface area contributed by atoms with E-state index in [1.807, 2.05) is 36.4 Å². The first-order valence-corrected chi connectivity index (χ1v) is 12.2. The van der Waals surface area contributed by atoms with Crippen LogP contribution in [-0.4, -0.2) is 64.8 Å². The zero-order chi connectivity index (χ0) is 25.5. The average molecular weight is 520 g/mol. The Bertz CT molecular complexity index is 1480. The van der Waals surface area contributed by atoms with Gasteiger partial charge in [0.2, 0.25) is 0 Å². The van der Waals surface area contributed by atoms with Gasteiger partial charge in [-0.15, -0.1) is 0 Å². The third-order valence-corrected chi connectivity index (χ3v) is 6.68. The monoisotopic (exact) mass is 519 g/mol. The number of carbonyl (C=O) groups excluding carboxylic acids is 2. The number of rotatable bonds is 6. The van der Waals surface area contributed by atoms with Crippen LogP contribution in [-0.2, 0) is 19.0 Å². The lowest BCUT2D eigenvalue weighted by Gasteiger charge is -2.14. The zero-order valence-electron chi connectivity index (χ0n) is 19.8. The Labute approximate surface area is 216 Å². The highest BCUT2D eigenvalue weighted by Gasteiger charge is 2.48. The maximum Gasteiger partial charge on any atom is 0.338 e. The molecule has 1 N–H and O–H groups in total. The van der Waals surface area contributed by atoms with Crippen molar-refractivity contribution in [3.05, 3.63) is 65.2 Å². The summed E-state index contributed by atoms with van der Waals surface area (Å²) in [5, 5.41) is 0.461. The lowest BCUT2D eigenvalue weighted by molar-refractivity contribution is -0.125. The predicted molar refractivity (Wildman–Crippen MR) is 135 cm³/mol. The lowest BCUT2D eigenvalue weighted by atomic mass is 10.0. The first-order valence-electron chi connectivity index (χ1n) is 11.9. The standard InChI is InChI=1S/C27H22ClN3O6/c1-2-34-26(33)17-9-5-15(6-10-17)14-3-7-16(8-4-14)22-18(28)11-19-25(30-22)31-27(29-19)37-21-13-36-23-20(32)12-35-24(21)23/h3-11,21,23-24H,2,12-13H2,1H3,(H,29,30,31)/t21-,23-,24-/m1/s1. The van der Waals surface area contributed by atoms with E-state index in [1.54, 1.807) is 25.1 Å². The minimum Gasteiger partial charge on any atom is -0.462 e. The fourth-order valence-electron chi connectivity index (χ4n) is 4.55. The lowest BCUT2D eigenvalue weighted by Crippen LogP contribution is -2.33. The van der Waals surface area contributed by atoms with Crippen LogP contribution in [0.15, 0.2) is 54.6 Å². The van der Waals surface area contributed by atoms with Crippen LogP contribution in [0.25, 0.3) is 33.5 Å². The topological polar surface area (TPSA) is 113 Å². The molecule has 0 radical (unpaired) electrons. The summed E-state index contributed by atoms with van der Waals surface area (Å²) < 4.78 is 22.0. The molecule has 0 saturated carbocycles. The summed E-state index contributed by atoms with van der Waals surface area (Å²) in [5.74, 6) is -0.409. The van der Waals surface area contributed by atoms with Crippen LogP contribution in [0.4, 0.5) is 0 Å². The Morgan fingerprint density at radius 3 is 2.49 bits per heavy atom. The number of halogens is 1. The molecule has 0 spiro atoms. The number of ether oxygens (including phenoxy) is 4. The Morgan fingerprint density at radius 2 is 1.76 bits per heavy atom. The summed E-state index contributed by atoms with van der Waals surface area (Å²) in [5.41, 5.74) is 4.96. The Balaban J connectivity index is 1.21. The van der Waals surface area contributed by atoms with Crippen LogP contribution in [0.5, 0.6) is 6.01 Å². The van der Waals surface area contributed by atoms with Gasteiger partial charge in [-0.1, -0.05) is 48.0 Å². The number of Topliss-reactive ketones (excluding diaryl/α,β-unsaturated/α-hetero) is 1. The van der Waals surface area contributed by atoms with E-state index in [1.165, 1.54) is 0 Å². The summed E-state index contributed by atoms with van der Waals surface area (Å²) in [7, 11) is 0. The van der Waals surface area contributed by atoms with Crippen LogP contribution in [0.3, 0.4) is 0 Å². The first kappa shape index (κ1) is 23.6. The molecule has 4 heterocycles. The summed E-state index contributed by atoms with van der Waals surface area (Å²) in [4.78, 5) is 35.9. The number of imidazole rings is 1. The van der Waals surface area contributed by atoms with Crippen LogP contribution in [0, 0.1) is 0 Å². The van der Waals surface area contributed by atoms with E-state index in [0.717, 1.165) is 16.7 Å². The normalized spacial score (nSPS) is 20.8. The van der Waals surface area contributed by atoms with Crippen molar-refractivity contribution >= 4 is 34.5 Å². The number of ketones is 1. The Kier molecular flexibility index (Phi) is 6.11. The van der Waals surface area contributed by atoms with Gasteiger partial charge in [0.1, 0.15) is 18.8 Å². The van der Waals surface area contributed by atoms with Crippen LogP contribution in [0.1, 0.15) is 17.3 Å². The predicted octanol–water partition coefficient (Wildman–Crippen LogP) is 4.24. The number of carbonyl (C=O) groups is 2. The molecule has 3 atom stereocenters. The van der Waals surface area contributed by atoms with Gasteiger partial charge in [0, 0.05) is 5.56 Å². The van der Waals surface area contributed by atoms with E-state index < -0.39 is 18.3 Å². The van der Waals surface area contributed by atoms with E-state index >= 15 is 0 Å². The van der Waals surface area contributed by atoms with Crippen molar-refractivity contribution in [3.63, 3.8) is 0 Å². The number of fused-ring (bicyclic) bond motifs is 2. The molecule has 2 aliphatic heterocycles. The van der Waals surface area contributed by atoms with Crippen LogP contribution < -0.4 is 4.74 Å². The van der Waals surface area contributed by atoms with E-state index in [4.69, 9.17) is 30.5 Å². The molecule has 2 saturated heterocycles. The molecule has 188 valence electrons. The molecule has 0 unspecified atom stereocenters. The fraction of sp³-hybridized carbons (Fsp3) is 0.259. The average Bonchev–Trinajstić information content (AvgIpc) is 3.60. The van der Waals surface area contributed by atoms with Gasteiger partial charge in [0.05, 0.1) is 35.0 Å². The number of aromatic amines is 1. The highest BCUT2D eigenvalue weighted by atomic mass is 35.5. The SMILES string of the molecule is CCOC(=O)c1ccc(-c2ccc(-c3nc4nc(O[C@@H]5CO[C@@H]6C(=O)CO[C@@H]65)[nH]c4cc3Cl)cc2)cc1. The Morgan fingerprint density at radius 1 is 1.05 bits per heavy atom. The van der Waals surface area contributed by atoms with E-state index in [2.05, 4.69) is 15.0 Å². The molecule has 10 heteroatoms. The number of aromatic nitrogens is 3. The molecular weight excluding hydrogens is 498 g/mol. The van der Waals surface area contributed by atoms with Gasteiger partial charge < -0.3 is 23.9 Å². The molecule has 9 nitrogen and oxygen atoms in total. The van der Waals surface area contributed by atoms with Gasteiger partial charge in [-0.05, 0) is 36.2 Å². The zero-order valence-corrected chi connectivity index (χ0v) is 20.5. The van der Waals surface area contributed by atoms with Crippen LogP contribution in [0.2, 0.25) is 5.02 Å². The van der Waals surface area contributed by atoms with Crippen molar-refractivity contribution in [3.8, 4) is 28.4 Å². The number of hydrogen-bond acceptors (Lipinski definition) is 8. The number of nitrogens with zero attached hydrogens (tertiary/aromatic N) is 2. The maximum atomic E-state index is 11.9. The quantitative estimate of drug-likeness (QED) is 0.376. The van der Waals surface area contributed by atoms with Gasteiger partial charge in [-0.25, -0.2) is 9.78 Å². The molecule has 2 aromatic carbocycles. The minimum absolute atomic E-state index is 0.0353. The van der Waals surface area contributed by atoms with Gasteiger partial charge in [-0.3, -0.25) is 4.79 Å². The fourth-order valence-corrected chi connectivity index (χ4v) is 4.81. The first-order chi connectivity index (χ1) is 18.0. The Hall–Kier alpha value is -3.79. The summed E-state index contributed by atoms with van der Waals surface area (Å²) in [6, 6.07) is 17.1. The van der Waals surface area contributed by atoms with E-state index in [9.17, 15) is 9.59 Å². The third-order valence-electron chi connectivity index (χ3n) is 6.40. The molecule has 0 aliphatic carbocycles. The molecule has 0 bridgehead atoms. The minimum atomic E-state index is -0.577. The van der Waals surface area contributed by atoms with Crippen molar-refractivity contribution in [1.82, 2.24) is 15.0 Å². The molecule has 4 aromatic rings. The maximum absolute atomic E-state index is 11.9. The van der Waals surface area contributed by atoms with Crippen molar-refractivity contribution in [1.29, 1.82) is 0 Å². The number of hydrogen-bond donors (Lipinski definition) is 1. The van der Waals surface area contributed by atoms with E-state index in [-0.39, 0.29) is 31.0 Å². The van der Waals surface area contributed by atoms with Crippen molar-refractivity contribution in [2.45, 2.75) is 25.2 Å². The van der Waals surface area contributed by atoms with Crippen molar-refractivity contribution in [2.75, 3.05) is 19.8 Å². The van der Waals surface area contributed by atoms with Gasteiger partial charge >= 0.3 is 5.97 Å². The largest absolute Gasteiger partial charge is 0.462 e. The molecule has 2 aliphatic rings. The number of pyridine rings is 1. The third kappa shape index (κ3) is 4.46. The summed E-state index contributed by atoms with van der Waals surface area (Å²) in [6.45, 7) is 2.40. The van der Waals surface area contributed by atoms with E-state index in [0.29, 0.717) is 34.1 Å². The highest BCUT2D eigenvalue weighted by molar-refractivity contribution is 6.33. The second-order valence-electron chi connectivity index (χ2n) is 8.76. The van der Waals surface area contributed by atoms with Crippen molar-refractivity contribution in [2.24, 2.45) is 0 Å². The molecule has 2 aromatic heterocycles. The second kappa shape index (κ2) is 9.59. The second-order valence-corrected chi connectivity index (χ2v) is 9.17. The van der Waals surface area contributed by atoms with Gasteiger partial charge in [0.15, 0.2) is 17.5 Å². The number of H-pyrrole nitrogens is 1. The summed E-state index contributed by atoms with van der Waals surface area (Å²) >= 11 is 6.56. The molecule has 2 fully saturated rings. The van der Waals surface area contributed by atoms with Gasteiger partial charge in [0.25, 0.3) is 6.01 Å². The summed E-state index contributed by atoms with van der Waals surface area (Å²) in [6.07, 6.45) is -1.45. The molecule has 0 amide bonds. The van der Waals surface area contributed by atoms with Crippen molar-refractivity contribution < 1.29 is 28.5 Å². The number of nitrogens with one attached hydrogen (secondary N) is 1. The number of benzene rings is 2. The van der Waals surface area contributed by atoms with Gasteiger partial charge in [-0.2, -0.15) is 4.98 Å². The van der Waals surface area contributed by atoms with Crippen LogP contribution >= 0.6 is 11.6 Å². The smallest absolute Gasteiger partial charge is 0.338 e. The molecule has 37 heavy (non-hydrogen) atoms.